The van der Waals surface area contributed by atoms with Gasteiger partial charge in [-0.15, -0.1) is 0 Å². The fourth-order valence-electron chi connectivity index (χ4n) is 4.17. The van der Waals surface area contributed by atoms with Gasteiger partial charge in [0.2, 0.25) is 5.95 Å². The van der Waals surface area contributed by atoms with Gasteiger partial charge in [-0.1, -0.05) is 18.2 Å². The van der Waals surface area contributed by atoms with Gasteiger partial charge >= 0.3 is 5.97 Å². The van der Waals surface area contributed by atoms with Gasteiger partial charge < -0.3 is 19.9 Å². The molecule has 9 nitrogen and oxygen atoms in total. The summed E-state index contributed by atoms with van der Waals surface area (Å²) in [4.78, 5) is 15.6. The van der Waals surface area contributed by atoms with Crippen molar-refractivity contribution >= 4 is 21.9 Å². The average Bonchev–Trinajstić information content (AvgIpc) is 3.22. The summed E-state index contributed by atoms with van der Waals surface area (Å²) in [5, 5.41) is 29.2. The van der Waals surface area contributed by atoms with Crippen LogP contribution in [-0.4, -0.2) is 58.5 Å². The van der Waals surface area contributed by atoms with Crippen molar-refractivity contribution in [1.82, 2.24) is 9.55 Å². The maximum Gasteiger partial charge on any atom is 0.305 e. The van der Waals surface area contributed by atoms with E-state index >= 15 is 0 Å². The van der Waals surface area contributed by atoms with Crippen molar-refractivity contribution in [1.29, 1.82) is 0 Å². The zero-order valence-electron chi connectivity index (χ0n) is 21.0. The molecule has 37 heavy (non-hydrogen) atoms. The Morgan fingerprint density at radius 1 is 1.05 bits per heavy atom. The Hall–Kier alpha value is -3.28. The zero-order chi connectivity index (χ0) is 27.3. The summed E-state index contributed by atoms with van der Waals surface area (Å²) in [5.41, 5.74) is 1.64. The van der Waals surface area contributed by atoms with Crippen LogP contribution in [0.15, 0.2) is 59.5 Å². The molecule has 0 fully saturated rings. The Morgan fingerprint density at radius 2 is 1.68 bits per heavy atom. The number of benzene rings is 2. The lowest BCUT2D eigenvalue weighted by Crippen LogP contribution is -2.30. The van der Waals surface area contributed by atoms with E-state index in [1.165, 1.54) is 31.3 Å². The van der Waals surface area contributed by atoms with Gasteiger partial charge in [0, 0.05) is 24.3 Å². The van der Waals surface area contributed by atoms with E-state index in [1.807, 2.05) is 13.8 Å². The van der Waals surface area contributed by atoms with Crippen molar-refractivity contribution < 1.29 is 32.9 Å². The molecule has 1 heterocycles. The molecule has 2 aromatic carbocycles. The molecule has 3 rings (SSSR count). The van der Waals surface area contributed by atoms with E-state index in [4.69, 9.17) is 5.11 Å². The predicted molar refractivity (Wildman–Crippen MR) is 137 cm³/mol. The highest BCUT2D eigenvalue weighted by molar-refractivity contribution is 7.92. The highest BCUT2D eigenvalue weighted by atomic mass is 32.2. The van der Waals surface area contributed by atoms with Crippen LogP contribution < -0.4 is 4.31 Å². The second-order valence-electron chi connectivity index (χ2n) is 9.14. The first-order chi connectivity index (χ1) is 17.4. The van der Waals surface area contributed by atoms with E-state index < -0.39 is 40.4 Å². The zero-order valence-corrected chi connectivity index (χ0v) is 21.8. The topological polar surface area (TPSA) is 133 Å². The molecule has 0 aliphatic carbocycles. The summed E-state index contributed by atoms with van der Waals surface area (Å²) in [6.45, 7) is 3.75. The minimum absolute atomic E-state index is 0.100. The van der Waals surface area contributed by atoms with Gasteiger partial charge in [-0.25, -0.2) is 22.1 Å². The molecule has 0 radical (unpaired) electrons. The van der Waals surface area contributed by atoms with E-state index in [0.29, 0.717) is 17.0 Å². The molecule has 1 aromatic heterocycles. The summed E-state index contributed by atoms with van der Waals surface area (Å²) in [5.74, 6) is -1.43. The first-order valence-corrected chi connectivity index (χ1v) is 13.3. The van der Waals surface area contributed by atoms with Crippen molar-refractivity contribution in [3.63, 3.8) is 0 Å². The third-order valence-corrected chi connectivity index (χ3v) is 7.73. The molecule has 0 unspecified atom stereocenters. The van der Waals surface area contributed by atoms with Crippen LogP contribution in [0.2, 0.25) is 0 Å². The van der Waals surface area contributed by atoms with Gasteiger partial charge in [-0.05, 0) is 69.5 Å². The second-order valence-corrected chi connectivity index (χ2v) is 11.1. The molecule has 0 aliphatic rings. The fraction of sp³-hybridized carbons (Fsp3) is 0.385. The molecule has 3 N–H and O–H groups in total. The largest absolute Gasteiger partial charge is 0.481 e. The minimum atomic E-state index is -3.95. The highest BCUT2D eigenvalue weighted by Gasteiger charge is 2.30. The summed E-state index contributed by atoms with van der Waals surface area (Å²) in [6, 6.07) is 13.4. The number of hydrogen-bond acceptors (Lipinski definition) is 6. The van der Waals surface area contributed by atoms with Crippen molar-refractivity contribution in [3.8, 4) is 11.3 Å². The predicted octanol–water partition coefficient (Wildman–Crippen LogP) is 3.61. The number of carbonyl (C=O) groups is 1. The van der Waals surface area contributed by atoms with E-state index in [1.54, 1.807) is 34.9 Å². The van der Waals surface area contributed by atoms with Crippen LogP contribution in [0.5, 0.6) is 0 Å². The lowest BCUT2D eigenvalue weighted by atomic mass is 10.0. The minimum Gasteiger partial charge on any atom is -0.481 e. The number of carboxylic acid groups (broad SMARTS) is 1. The molecule has 0 aliphatic heterocycles. The number of sulfonamides is 1. The van der Waals surface area contributed by atoms with Crippen LogP contribution in [0.1, 0.15) is 44.8 Å². The number of halogens is 1. The maximum atomic E-state index is 13.6. The molecule has 11 heteroatoms. The second kappa shape index (κ2) is 11.8. The molecule has 2 atom stereocenters. The SMILES string of the molecule is CC(C)n1c(N(C)S(=O)(=O)c2ccccc2)nc(-c2ccc(F)cc2)c1CC[C@@H](O)C[C@@H](O)CC(=O)O. The highest BCUT2D eigenvalue weighted by Crippen LogP contribution is 2.34. The number of rotatable bonds is 12. The summed E-state index contributed by atoms with van der Waals surface area (Å²) < 4.78 is 43.3. The molecule has 0 bridgehead atoms. The molecule has 0 saturated heterocycles. The number of hydrogen-bond donors (Lipinski definition) is 3. The van der Waals surface area contributed by atoms with Crippen LogP contribution >= 0.6 is 0 Å². The number of aliphatic hydroxyl groups excluding tert-OH is 2. The Balaban J connectivity index is 2.05. The van der Waals surface area contributed by atoms with Gasteiger partial charge in [0.25, 0.3) is 10.0 Å². The van der Waals surface area contributed by atoms with Gasteiger partial charge in [0.05, 0.1) is 29.2 Å². The van der Waals surface area contributed by atoms with Crippen molar-refractivity contribution in [2.24, 2.45) is 0 Å². The quantitative estimate of drug-likeness (QED) is 0.324. The molecule has 0 amide bonds. The van der Waals surface area contributed by atoms with E-state index in [2.05, 4.69) is 4.98 Å². The summed E-state index contributed by atoms with van der Waals surface area (Å²) in [7, 11) is -2.53. The Kier molecular flexibility index (Phi) is 9.06. The molecule has 3 aromatic rings. The van der Waals surface area contributed by atoms with E-state index in [-0.39, 0.29) is 36.1 Å². The summed E-state index contributed by atoms with van der Waals surface area (Å²) in [6.07, 6.45) is -2.38. The average molecular weight is 534 g/mol. The number of imidazole rings is 1. The molecule has 0 spiro atoms. The molecular formula is C26H32FN3O6S. The van der Waals surface area contributed by atoms with Gasteiger partial charge in [-0.2, -0.15) is 0 Å². The third-order valence-electron chi connectivity index (χ3n) is 5.98. The number of carboxylic acids is 1. The fourth-order valence-corrected chi connectivity index (χ4v) is 5.34. The smallest absolute Gasteiger partial charge is 0.305 e. The van der Waals surface area contributed by atoms with Crippen LogP contribution in [-0.2, 0) is 21.2 Å². The van der Waals surface area contributed by atoms with E-state index in [0.717, 1.165) is 4.31 Å². The first-order valence-electron chi connectivity index (χ1n) is 11.9. The third kappa shape index (κ3) is 6.73. The normalized spacial score (nSPS) is 13.5. The number of anilines is 1. The van der Waals surface area contributed by atoms with Crippen molar-refractivity contribution in [3.05, 3.63) is 66.1 Å². The Bertz CT molecular complexity index is 1310. The Morgan fingerprint density at radius 3 is 2.24 bits per heavy atom. The van der Waals surface area contributed by atoms with Crippen LogP contribution in [0.25, 0.3) is 11.3 Å². The monoisotopic (exact) mass is 533 g/mol. The standard InChI is InChI=1S/C26H32FN3O6S/c1-17(2)30-23(14-13-20(31)15-21(32)16-24(33)34)25(18-9-11-19(27)12-10-18)28-26(30)29(3)37(35,36)22-7-5-4-6-8-22/h4-12,17,20-21,31-32H,13-16H2,1-3H3,(H,33,34)/t20-,21-/m1/s1. The van der Waals surface area contributed by atoms with Crippen molar-refractivity contribution in [2.45, 2.75) is 62.7 Å². The van der Waals surface area contributed by atoms with Crippen LogP contribution in [0, 0.1) is 5.82 Å². The van der Waals surface area contributed by atoms with Crippen LogP contribution in [0.3, 0.4) is 0 Å². The number of nitrogens with zero attached hydrogens (tertiary/aromatic N) is 3. The molecular weight excluding hydrogens is 501 g/mol. The molecule has 200 valence electrons. The Labute approximate surface area is 215 Å². The van der Waals surface area contributed by atoms with Gasteiger partial charge in [-0.3, -0.25) is 4.79 Å². The summed E-state index contributed by atoms with van der Waals surface area (Å²) >= 11 is 0. The maximum absolute atomic E-state index is 13.6. The first kappa shape index (κ1) is 28.3. The number of aliphatic carboxylic acids is 1. The van der Waals surface area contributed by atoms with Crippen LogP contribution in [0.4, 0.5) is 10.3 Å². The number of aliphatic hydroxyl groups is 2. The van der Waals surface area contributed by atoms with E-state index in [9.17, 15) is 27.8 Å². The van der Waals surface area contributed by atoms with Gasteiger partial charge in [0.1, 0.15) is 5.82 Å². The van der Waals surface area contributed by atoms with Gasteiger partial charge in [0.15, 0.2) is 0 Å². The van der Waals surface area contributed by atoms with Crippen molar-refractivity contribution in [2.75, 3.05) is 11.4 Å². The lowest BCUT2D eigenvalue weighted by molar-refractivity contribution is -0.139. The molecule has 0 saturated carbocycles. The number of aromatic nitrogens is 2. The lowest BCUT2D eigenvalue weighted by Gasteiger charge is -2.23.